The van der Waals surface area contributed by atoms with Gasteiger partial charge in [0.2, 0.25) is 0 Å². The average Bonchev–Trinajstić information content (AvgIpc) is 3.57. The number of aryl methyl sites for hydroxylation is 1. The van der Waals surface area contributed by atoms with Crippen LogP contribution in [0.5, 0.6) is 0 Å². The van der Waals surface area contributed by atoms with Crippen LogP contribution in [0.15, 0.2) is 65.6 Å². The van der Waals surface area contributed by atoms with Gasteiger partial charge in [-0.15, -0.1) is 0 Å². The van der Waals surface area contributed by atoms with Crippen molar-refractivity contribution in [1.82, 2.24) is 14.5 Å². The molecule has 1 unspecified atom stereocenters. The molecule has 0 fully saturated rings. The van der Waals surface area contributed by atoms with Gasteiger partial charge in [0.05, 0.1) is 30.7 Å². The van der Waals surface area contributed by atoms with Crippen molar-refractivity contribution in [3.8, 4) is 22.4 Å². The van der Waals surface area contributed by atoms with Crippen LogP contribution in [-0.2, 0) is 15.9 Å². The minimum absolute atomic E-state index is 0.181. The van der Waals surface area contributed by atoms with Crippen molar-refractivity contribution in [2.75, 3.05) is 17.7 Å². The van der Waals surface area contributed by atoms with E-state index in [9.17, 15) is 14.4 Å². The van der Waals surface area contributed by atoms with Crippen molar-refractivity contribution in [2.45, 2.75) is 45.3 Å². The van der Waals surface area contributed by atoms with E-state index in [1.807, 2.05) is 18.2 Å². The molecule has 1 aliphatic rings. The molecule has 5 rings (SSSR count). The zero-order valence-electron chi connectivity index (χ0n) is 23.1. The van der Waals surface area contributed by atoms with Crippen LogP contribution >= 0.6 is 11.6 Å². The highest BCUT2D eigenvalue weighted by atomic mass is 35.5. The van der Waals surface area contributed by atoms with Gasteiger partial charge in [-0.25, -0.2) is 14.6 Å². The summed E-state index contributed by atoms with van der Waals surface area (Å²) in [4.78, 5) is 45.3. The third-order valence-electron chi connectivity index (χ3n) is 6.60. The Balaban J connectivity index is 1.40. The number of carbonyl (C=O) groups is 2. The first kappa shape index (κ1) is 28.0. The lowest BCUT2D eigenvalue weighted by atomic mass is 10.0. The van der Waals surface area contributed by atoms with Gasteiger partial charge in [0, 0.05) is 28.0 Å². The largest absolute Gasteiger partial charge is 0.453 e. The van der Waals surface area contributed by atoms with E-state index in [1.54, 1.807) is 67.9 Å². The number of amides is 2. The van der Waals surface area contributed by atoms with Crippen LogP contribution in [0.2, 0.25) is 5.02 Å². The van der Waals surface area contributed by atoms with Gasteiger partial charge in [-0.3, -0.25) is 15.4 Å². The lowest BCUT2D eigenvalue weighted by Crippen LogP contribution is -2.27. The molecular weight excluding hydrogens is 546 g/mol. The Labute approximate surface area is 241 Å². The molecule has 0 radical (unpaired) electrons. The number of anilines is 2. The van der Waals surface area contributed by atoms with Crippen LogP contribution in [0.1, 0.15) is 44.8 Å². The van der Waals surface area contributed by atoms with Crippen molar-refractivity contribution in [2.24, 2.45) is 0 Å². The molecule has 3 heterocycles. The van der Waals surface area contributed by atoms with Crippen molar-refractivity contribution >= 4 is 35.2 Å². The number of hydrogen-bond donors (Lipinski definition) is 3. The van der Waals surface area contributed by atoms with E-state index in [2.05, 4.69) is 25.3 Å². The fourth-order valence-corrected chi connectivity index (χ4v) is 5.01. The molecule has 2 amide bonds. The Morgan fingerprint density at radius 2 is 1.78 bits per heavy atom. The van der Waals surface area contributed by atoms with Gasteiger partial charge < -0.3 is 19.0 Å². The van der Waals surface area contributed by atoms with Crippen molar-refractivity contribution in [3.05, 3.63) is 87.7 Å². The van der Waals surface area contributed by atoms with Gasteiger partial charge in [-0.2, -0.15) is 0 Å². The molecule has 0 aliphatic carbocycles. The molecule has 11 heteroatoms. The summed E-state index contributed by atoms with van der Waals surface area (Å²) in [7, 11) is 1.31. The predicted molar refractivity (Wildman–Crippen MR) is 158 cm³/mol. The molecule has 4 aromatic rings. The summed E-state index contributed by atoms with van der Waals surface area (Å²) in [6, 6.07) is 15.6. The molecule has 1 aliphatic heterocycles. The Morgan fingerprint density at radius 1 is 1.02 bits per heavy atom. The van der Waals surface area contributed by atoms with Crippen molar-refractivity contribution in [1.29, 1.82) is 0 Å². The Hall–Kier alpha value is -4.57. The highest BCUT2D eigenvalue weighted by Crippen LogP contribution is 2.35. The van der Waals surface area contributed by atoms with E-state index >= 15 is 0 Å². The highest BCUT2D eigenvalue weighted by molar-refractivity contribution is 6.31. The number of fused-ring (bicyclic) bond motifs is 1. The molecule has 0 saturated heterocycles. The number of ether oxygens (including phenoxy) is 2. The zero-order chi connectivity index (χ0) is 29.3. The summed E-state index contributed by atoms with van der Waals surface area (Å²) in [6.07, 6.45) is 1.97. The van der Waals surface area contributed by atoms with E-state index in [1.165, 1.54) is 7.11 Å². The highest BCUT2D eigenvalue weighted by Gasteiger charge is 2.28. The second kappa shape index (κ2) is 11.1. The lowest BCUT2D eigenvalue weighted by Gasteiger charge is -2.21. The second-order valence-corrected chi connectivity index (χ2v) is 11.1. The number of aromatic nitrogens is 3. The van der Waals surface area contributed by atoms with Crippen LogP contribution < -0.4 is 16.2 Å². The number of nitrogens with zero attached hydrogens (tertiary/aromatic N) is 2. The zero-order valence-corrected chi connectivity index (χ0v) is 23.8. The number of rotatable bonds is 5. The van der Waals surface area contributed by atoms with Gasteiger partial charge in [-0.1, -0.05) is 23.7 Å². The summed E-state index contributed by atoms with van der Waals surface area (Å²) >= 11 is 6.30. The van der Waals surface area contributed by atoms with E-state index in [4.69, 9.17) is 16.3 Å². The third-order valence-corrected chi connectivity index (χ3v) is 6.84. The maximum absolute atomic E-state index is 13.5. The van der Waals surface area contributed by atoms with E-state index < -0.39 is 17.8 Å². The standard InChI is InChI=1S/C30H30ClN5O5/c1-30(2,3)41-29(39)35-23-11-7-19(31)15-22(23)18-13-21-10-12-25(36(21)26(37)14-18)27-32-16-24(34-27)17-5-8-20(9-6-17)33-28(38)40-4/h5-9,11,13-16,25H,10,12H2,1-4H3,(H,32,34)(H,33,38)(H,35,39). The number of benzene rings is 2. The molecule has 0 saturated carbocycles. The second-order valence-electron chi connectivity index (χ2n) is 10.7. The third kappa shape index (κ3) is 6.28. The maximum Gasteiger partial charge on any atom is 0.412 e. The maximum atomic E-state index is 13.5. The topological polar surface area (TPSA) is 127 Å². The van der Waals surface area contributed by atoms with E-state index in [0.717, 1.165) is 17.0 Å². The van der Waals surface area contributed by atoms with Crippen LogP contribution in [0.3, 0.4) is 0 Å². The molecule has 10 nitrogen and oxygen atoms in total. The first-order valence-corrected chi connectivity index (χ1v) is 13.4. The number of nitrogens with one attached hydrogen (secondary N) is 3. The van der Waals surface area contributed by atoms with Crippen LogP contribution in [0.4, 0.5) is 21.0 Å². The summed E-state index contributed by atoms with van der Waals surface area (Å²) in [5, 5.41) is 5.87. The minimum atomic E-state index is -0.658. The number of H-pyrrole nitrogens is 1. The van der Waals surface area contributed by atoms with Gasteiger partial charge in [0.1, 0.15) is 11.4 Å². The number of carbonyl (C=O) groups excluding carboxylic acids is 2. The summed E-state index contributed by atoms with van der Waals surface area (Å²) < 4.78 is 11.8. The number of imidazole rings is 1. The minimum Gasteiger partial charge on any atom is -0.453 e. The fraction of sp³-hybridized carbons (Fsp3) is 0.267. The van der Waals surface area contributed by atoms with Gasteiger partial charge in [0.15, 0.2) is 0 Å². The van der Waals surface area contributed by atoms with Crippen LogP contribution in [0, 0.1) is 0 Å². The molecule has 3 N–H and O–H groups in total. The Kier molecular flexibility index (Phi) is 7.59. The number of hydrogen-bond acceptors (Lipinski definition) is 6. The Bertz CT molecular complexity index is 1670. The molecule has 212 valence electrons. The molecule has 2 aromatic carbocycles. The van der Waals surface area contributed by atoms with Crippen LogP contribution in [-0.4, -0.2) is 39.4 Å². The molecule has 1 atom stereocenters. The number of methoxy groups -OCH3 is 1. The Morgan fingerprint density at radius 3 is 2.49 bits per heavy atom. The van der Waals surface area contributed by atoms with E-state index in [-0.39, 0.29) is 11.6 Å². The molecular formula is C30H30ClN5O5. The fourth-order valence-electron chi connectivity index (χ4n) is 4.84. The number of halogens is 1. The normalized spacial score (nSPS) is 14.3. The van der Waals surface area contributed by atoms with Gasteiger partial charge in [-0.05, 0) is 81.1 Å². The molecule has 0 spiro atoms. The number of aromatic amines is 1. The first-order chi connectivity index (χ1) is 19.5. The van der Waals surface area contributed by atoms with E-state index in [0.29, 0.717) is 46.2 Å². The van der Waals surface area contributed by atoms with Gasteiger partial charge >= 0.3 is 12.2 Å². The smallest absolute Gasteiger partial charge is 0.412 e. The molecule has 0 bridgehead atoms. The summed E-state index contributed by atoms with van der Waals surface area (Å²) in [5.74, 6) is 0.681. The monoisotopic (exact) mass is 575 g/mol. The number of pyridine rings is 1. The first-order valence-electron chi connectivity index (χ1n) is 13.1. The SMILES string of the molecule is COC(=O)Nc1ccc(-c2cnc(C3CCc4cc(-c5cc(Cl)ccc5NC(=O)OC(C)(C)C)cc(=O)n43)[nH]2)cc1. The van der Waals surface area contributed by atoms with Crippen molar-refractivity contribution < 1.29 is 19.1 Å². The molecule has 41 heavy (non-hydrogen) atoms. The lowest BCUT2D eigenvalue weighted by molar-refractivity contribution is 0.0636. The quantitative estimate of drug-likeness (QED) is 0.245. The summed E-state index contributed by atoms with van der Waals surface area (Å²) in [6.45, 7) is 5.36. The van der Waals surface area contributed by atoms with Crippen LogP contribution in [0.25, 0.3) is 22.4 Å². The predicted octanol–water partition coefficient (Wildman–Crippen LogP) is 6.62. The van der Waals surface area contributed by atoms with Crippen molar-refractivity contribution in [3.63, 3.8) is 0 Å². The van der Waals surface area contributed by atoms with Gasteiger partial charge in [0.25, 0.3) is 5.56 Å². The summed E-state index contributed by atoms with van der Waals surface area (Å²) in [5.41, 5.74) is 4.06. The molecule has 2 aromatic heterocycles. The average molecular weight is 576 g/mol.